The van der Waals surface area contributed by atoms with Gasteiger partial charge in [0.1, 0.15) is 11.6 Å². The number of fused-ring (bicyclic) bond motifs is 1. The van der Waals surface area contributed by atoms with Crippen LogP contribution in [0.1, 0.15) is 51.7 Å². The molecule has 156 valence electrons. The van der Waals surface area contributed by atoms with Crippen LogP contribution in [-0.2, 0) is 17.8 Å². The summed E-state index contributed by atoms with van der Waals surface area (Å²) in [6.07, 6.45) is 2.81. The zero-order valence-corrected chi connectivity index (χ0v) is 17.8. The maximum Gasteiger partial charge on any atom is 0.254 e. The summed E-state index contributed by atoms with van der Waals surface area (Å²) in [4.78, 5) is 19.5. The number of benzene rings is 1. The van der Waals surface area contributed by atoms with Crippen LogP contribution in [0.2, 0.25) is 0 Å². The fraction of sp³-hybridized carbons (Fsp3) is 0.478. The predicted molar refractivity (Wildman–Crippen MR) is 114 cm³/mol. The summed E-state index contributed by atoms with van der Waals surface area (Å²) >= 11 is 0. The van der Waals surface area contributed by atoms with Crippen LogP contribution in [0, 0.1) is 0 Å². The van der Waals surface area contributed by atoms with Crippen LogP contribution in [0.3, 0.4) is 0 Å². The van der Waals surface area contributed by atoms with Gasteiger partial charge in [-0.1, -0.05) is 17.7 Å². The van der Waals surface area contributed by atoms with Gasteiger partial charge in [0.05, 0.1) is 0 Å². The third-order valence-corrected chi connectivity index (χ3v) is 5.74. The van der Waals surface area contributed by atoms with E-state index in [1.54, 1.807) is 6.07 Å². The third-order valence-electron chi connectivity index (χ3n) is 5.74. The van der Waals surface area contributed by atoms with Crippen LogP contribution < -0.4 is 10.1 Å². The van der Waals surface area contributed by atoms with E-state index in [0.29, 0.717) is 36.7 Å². The highest BCUT2D eigenvalue weighted by Gasteiger charge is 2.38. The summed E-state index contributed by atoms with van der Waals surface area (Å²) in [7, 11) is 0. The Morgan fingerprint density at radius 2 is 2.07 bits per heavy atom. The number of rotatable bonds is 7. The first-order valence-electron chi connectivity index (χ1n) is 10.0. The van der Waals surface area contributed by atoms with Crippen molar-refractivity contribution in [1.29, 1.82) is 0 Å². The quantitative estimate of drug-likeness (QED) is 0.423. The molecule has 0 unspecified atom stereocenters. The molecule has 1 aromatic rings. The van der Waals surface area contributed by atoms with Crippen molar-refractivity contribution in [2.45, 2.75) is 59.0 Å². The third kappa shape index (κ3) is 4.52. The van der Waals surface area contributed by atoms with E-state index in [1.165, 1.54) is 0 Å². The Bertz CT molecular complexity index is 880. The molecule has 1 heterocycles. The first-order chi connectivity index (χ1) is 13.8. The molecule has 1 aromatic carbocycles. The highest BCUT2D eigenvalue weighted by atomic mass is 19.1. The highest BCUT2D eigenvalue weighted by Crippen LogP contribution is 2.36. The minimum atomic E-state index is -0.853. The summed E-state index contributed by atoms with van der Waals surface area (Å²) in [6.45, 7) is 11.8. The highest BCUT2D eigenvalue weighted by molar-refractivity contribution is 5.98. The molecule has 1 N–H and O–H groups in total. The second kappa shape index (κ2) is 8.39. The van der Waals surface area contributed by atoms with Gasteiger partial charge in [0.2, 0.25) is 6.86 Å². The Hall–Kier alpha value is -2.63. The molecule has 29 heavy (non-hydrogen) atoms. The van der Waals surface area contributed by atoms with Crippen LogP contribution in [0.15, 0.2) is 45.7 Å². The maximum absolute atomic E-state index is 13.5. The lowest BCUT2D eigenvalue weighted by Crippen LogP contribution is -2.38. The molecule has 0 aromatic heterocycles. The standard InChI is InChI=1S/C23H30FN3O2/c1-15(2)20(16(3)21(25-5)26-23(4)10-11-23)22(28)27-12-9-18-17(13-27)7-6-8-19(18)29-14-24/h6-8,26H,5,9-14H2,1-4H3/b21-16-. The number of carbonyl (C=O) groups is 1. The molecule has 6 heteroatoms. The molecule has 0 spiro atoms. The first kappa shape index (κ1) is 21.1. The normalized spacial score (nSPS) is 17.6. The lowest BCUT2D eigenvalue weighted by Gasteiger charge is -2.31. The molecule has 2 aliphatic rings. The van der Waals surface area contributed by atoms with Crippen LogP contribution in [0.5, 0.6) is 5.75 Å². The van der Waals surface area contributed by atoms with Gasteiger partial charge in [0.25, 0.3) is 5.91 Å². The number of allylic oxidation sites excluding steroid dienone is 1. The molecule has 5 nitrogen and oxygen atoms in total. The summed E-state index contributed by atoms with van der Waals surface area (Å²) in [5, 5.41) is 3.44. The number of hydrogen-bond donors (Lipinski definition) is 1. The Balaban J connectivity index is 1.86. The topological polar surface area (TPSA) is 53.9 Å². The first-order valence-corrected chi connectivity index (χ1v) is 10.0. The average Bonchev–Trinajstić information content (AvgIpc) is 3.43. The van der Waals surface area contributed by atoms with Crippen molar-refractivity contribution in [1.82, 2.24) is 10.2 Å². The van der Waals surface area contributed by atoms with Crippen LogP contribution >= 0.6 is 0 Å². The van der Waals surface area contributed by atoms with Crippen molar-refractivity contribution in [3.8, 4) is 5.75 Å². The number of nitrogens with one attached hydrogen (secondary N) is 1. The second-order valence-electron chi connectivity index (χ2n) is 8.32. The van der Waals surface area contributed by atoms with Crippen molar-refractivity contribution in [3.63, 3.8) is 0 Å². The van der Waals surface area contributed by atoms with Crippen LogP contribution in [-0.4, -0.2) is 36.5 Å². The maximum atomic E-state index is 13.5. The largest absolute Gasteiger partial charge is 0.463 e. The van der Waals surface area contributed by atoms with Gasteiger partial charge in [-0.05, 0) is 65.3 Å². The van der Waals surface area contributed by atoms with Crippen molar-refractivity contribution >= 4 is 12.6 Å². The van der Waals surface area contributed by atoms with Crippen molar-refractivity contribution in [2.75, 3.05) is 13.4 Å². The van der Waals surface area contributed by atoms with E-state index in [4.69, 9.17) is 4.74 Å². The van der Waals surface area contributed by atoms with Crippen LogP contribution in [0.25, 0.3) is 0 Å². The van der Waals surface area contributed by atoms with Gasteiger partial charge in [0.15, 0.2) is 0 Å². The van der Waals surface area contributed by atoms with E-state index in [1.807, 2.05) is 37.8 Å². The Morgan fingerprint density at radius 1 is 1.34 bits per heavy atom. The van der Waals surface area contributed by atoms with E-state index in [-0.39, 0.29) is 11.4 Å². The molecule has 0 radical (unpaired) electrons. The molecule has 0 atom stereocenters. The number of ether oxygens (including phenoxy) is 1. The lowest BCUT2D eigenvalue weighted by atomic mass is 9.95. The SMILES string of the molecule is C=N/C(NC1(C)CC1)=C(\C)C(C(=O)N1CCc2c(cccc2OCF)C1)=C(C)C. The molecule has 1 aliphatic heterocycles. The molecular weight excluding hydrogens is 369 g/mol. The van der Waals surface area contributed by atoms with Gasteiger partial charge < -0.3 is 15.0 Å². The Kier molecular flexibility index (Phi) is 6.10. The molecule has 1 aliphatic carbocycles. The summed E-state index contributed by atoms with van der Waals surface area (Å²) < 4.78 is 17.8. The second-order valence-corrected chi connectivity index (χ2v) is 8.32. The lowest BCUT2D eigenvalue weighted by molar-refractivity contribution is -0.127. The van der Waals surface area contributed by atoms with Crippen molar-refractivity contribution in [3.05, 3.63) is 51.9 Å². The molecule has 1 amide bonds. The van der Waals surface area contributed by atoms with E-state index in [0.717, 1.165) is 35.1 Å². The van der Waals surface area contributed by atoms with Gasteiger partial charge >= 0.3 is 0 Å². The number of carbonyl (C=O) groups excluding carboxylic acids is 1. The Labute approximate surface area is 172 Å². The monoisotopic (exact) mass is 399 g/mol. The van der Waals surface area contributed by atoms with Gasteiger partial charge in [-0.25, -0.2) is 9.38 Å². The fourth-order valence-electron chi connectivity index (χ4n) is 3.82. The zero-order chi connectivity index (χ0) is 21.2. The molecule has 1 fully saturated rings. The number of nitrogens with zero attached hydrogens (tertiary/aromatic N) is 2. The van der Waals surface area contributed by atoms with Gasteiger partial charge in [0, 0.05) is 35.3 Å². The van der Waals surface area contributed by atoms with Crippen molar-refractivity contribution < 1.29 is 13.9 Å². The fourth-order valence-corrected chi connectivity index (χ4v) is 3.82. The van der Waals surface area contributed by atoms with E-state index in [9.17, 15) is 9.18 Å². The number of aliphatic imine (C=N–C) groups is 1. The summed E-state index contributed by atoms with van der Waals surface area (Å²) in [6, 6.07) is 5.58. The molecule has 3 rings (SSSR count). The van der Waals surface area contributed by atoms with E-state index < -0.39 is 6.86 Å². The smallest absolute Gasteiger partial charge is 0.254 e. The Morgan fingerprint density at radius 3 is 2.66 bits per heavy atom. The zero-order valence-electron chi connectivity index (χ0n) is 17.8. The number of amides is 1. The minimum absolute atomic E-state index is 0.0196. The number of hydrogen-bond acceptors (Lipinski definition) is 4. The molecule has 0 saturated heterocycles. The molecule has 0 bridgehead atoms. The average molecular weight is 400 g/mol. The van der Waals surface area contributed by atoms with Gasteiger partial charge in [-0.15, -0.1) is 0 Å². The molecule has 1 saturated carbocycles. The summed E-state index contributed by atoms with van der Waals surface area (Å²) in [5.74, 6) is 1.22. The van der Waals surface area contributed by atoms with Gasteiger partial charge in [-0.3, -0.25) is 4.79 Å². The number of alkyl halides is 1. The van der Waals surface area contributed by atoms with E-state index in [2.05, 4.69) is 24.0 Å². The van der Waals surface area contributed by atoms with Crippen LogP contribution in [0.4, 0.5) is 4.39 Å². The predicted octanol–water partition coefficient (Wildman–Crippen LogP) is 4.29. The van der Waals surface area contributed by atoms with E-state index >= 15 is 0 Å². The van der Waals surface area contributed by atoms with Crippen molar-refractivity contribution in [2.24, 2.45) is 4.99 Å². The summed E-state index contributed by atoms with van der Waals surface area (Å²) in [5.41, 5.74) is 4.46. The minimum Gasteiger partial charge on any atom is -0.463 e. The van der Waals surface area contributed by atoms with Gasteiger partial charge in [-0.2, -0.15) is 0 Å². The molecular formula is C23H30FN3O2. The number of halogens is 1.